The number of rotatable bonds is 11. The van der Waals surface area contributed by atoms with Gasteiger partial charge in [-0.15, -0.1) is 0 Å². The van der Waals surface area contributed by atoms with Crippen LogP contribution < -0.4 is 20.7 Å². The number of halogens is 3. The molecule has 14 heteroatoms. The van der Waals surface area contributed by atoms with Crippen molar-refractivity contribution in [1.82, 2.24) is 20.9 Å². The molecule has 3 amide bonds. The number of piperidine rings is 1. The third kappa shape index (κ3) is 7.28. The van der Waals surface area contributed by atoms with Gasteiger partial charge in [0, 0.05) is 23.4 Å². The molecule has 11 nitrogen and oxygen atoms in total. The molecule has 43 heavy (non-hydrogen) atoms. The van der Waals surface area contributed by atoms with Gasteiger partial charge in [0.2, 0.25) is 11.8 Å². The summed E-state index contributed by atoms with van der Waals surface area (Å²) in [6, 6.07) is 5.44. The minimum Gasteiger partial charge on any atom is -0.496 e. The predicted octanol–water partition coefficient (Wildman–Crippen LogP) is 2.93. The highest BCUT2D eigenvalue weighted by atomic mass is 19.4. The molecule has 0 bridgehead atoms. The number of aromatic amines is 1. The Morgan fingerprint density at radius 2 is 1.86 bits per heavy atom. The maximum atomic E-state index is 13.9. The van der Waals surface area contributed by atoms with Crippen LogP contribution in [0, 0.1) is 11.3 Å². The molecule has 2 fully saturated rings. The summed E-state index contributed by atoms with van der Waals surface area (Å²) in [7, 11) is 1.49. The van der Waals surface area contributed by atoms with E-state index in [0.29, 0.717) is 42.5 Å². The molecule has 0 radical (unpaired) electrons. The molecule has 4 N–H and O–H groups in total. The average molecular weight is 609 g/mol. The van der Waals surface area contributed by atoms with E-state index in [2.05, 4.69) is 20.9 Å². The number of hydrogen-bond acceptors (Lipinski definition) is 7. The number of aromatic nitrogens is 1. The van der Waals surface area contributed by atoms with E-state index in [4.69, 9.17) is 9.47 Å². The van der Waals surface area contributed by atoms with Gasteiger partial charge in [0.15, 0.2) is 17.8 Å². The quantitative estimate of drug-likeness (QED) is 0.286. The van der Waals surface area contributed by atoms with Crippen LogP contribution in [0.3, 0.4) is 0 Å². The number of esters is 1. The summed E-state index contributed by atoms with van der Waals surface area (Å²) in [4.78, 5) is 66.5. The number of benzene rings is 1. The molecule has 4 rings (SSSR count). The number of ether oxygens (including phenoxy) is 2. The number of hydrogen-bond donors (Lipinski definition) is 4. The predicted molar refractivity (Wildman–Crippen MR) is 147 cm³/mol. The lowest BCUT2D eigenvalue weighted by atomic mass is 9.73. The summed E-state index contributed by atoms with van der Waals surface area (Å²) >= 11 is 0. The van der Waals surface area contributed by atoms with Crippen LogP contribution in [0.1, 0.15) is 61.9 Å². The number of carbonyl (C=O) groups is 5. The number of alkyl halides is 3. The van der Waals surface area contributed by atoms with E-state index < -0.39 is 73.1 Å². The second-order valence-electron chi connectivity index (χ2n) is 11.0. The molecule has 1 aromatic heterocycles. The second kappa shape index (κ2) is 13.5. The minimum atomic E-state index is -4.84. The SMILES string of the molecule is COc1cccc2[nH]c(C(=O)NCC(=O)N[C@@H](C[C@@H]3CCCNC3=O)C(=O)COC(=O)C3(C(F)(F)F)CCCCC3)cc12. The molecule has 1 saturated carbocycles. The van der Waals surface area contributed by atoms with Gasteiger partial charge in [-0.05, 0) is 50.3 Å². The van der Waals surface area contributed by atoms with Crippen LogP contribution in [0.5, 0.6) is 5.75 Å². The Morgan fingerprint density at radius 3 is 2.53 bits per heavy atom. The Morgan fingerprint density at radius 1 is 1.12 bits per heavy atom. The molecule has 0 spiro atoms. The monoisotopic (exact) mass is 608 g/mol. The highest BCUT2D eigenvalue weighted by Gasteiger charge is 2.61. The Bertz CT molecular complexity index is 1370. The number of fused-ring (bicyclic) bond motifs is 1. The Hall–Kier alpha value is -4.10. The number of H-pyrrole nitrogens is 1. The summed E-state index contributed by atoms with van der Waals surface area (Å²) in [6.07, 6.45) is -3.78. The standard InChI is InChI=1S/C29H35F3N4O7/c1-42-23-9-5-8-19-18(23)14-21(35-19)26(40)34-15-24(38)36-20(13-17-7-6-12-33-25(17)39)22(37)16-43-27(41)28(29(30,31)32)10-3-2-4-11-28/h5,8-9,14,17,20,35H,2-4,6-7,10-13,15-16H2,1H3,(H,33,39)(H,34,40)(H,36,38)/t17-,20-/m0/s1. The maximum absolute atomic E-state index is 13.9. The molecule has 2 aliphatic rings. The minimum absolute atomic E-state index is 0.145. The zero-order valence-corrected chi connectivity index (χ0v) is 23.7. The Kier molecular flexibility index (Phi) is 9.97. The van der Waals surface area contributed by atoms with Gasteiger partial charge in [-0.3, -0.25) is 24.0 Å². The first-order chi connectivity index (χ1) is 20.4. The lowest BCUT2D eigenvalue weighted by Gasteiger charge is -2.36. The van der Waals surface area contributed by atoms with E-state index in [1.54, 1.807) is 24.3 Å². The van der Waals surface area contributed by atoms with Gasteiger partial charge >= 0.3 is 12.1 Å². The van der Waals surface area contributed by atoms with Crippen LogP contribution in [0.2, 0.25) is 0 Å². The topological polar surface area (TPSA) is 156 Å². The molecule has 0 unspecified atom stereocenters. The fourth-order valence-electron chi connectivity index (χ4n) is 5.68. The van der Waals surface area contributed by atoms with E-state index in [1.165, 1.54) is 7.11 Å². The molecule has 1 saturated heterocycles. The normalized spacial score (nSPS) is 19.2. The van der Waals surface area contributed by atoms with E-state index in [1.807, 2.05) is 0 Å². The van der Waals surface area contributed by atoms with E-state index in [9.17, 15) is 37.1 Å². The van der Waals surface area contributed by atoms with Gasteiger partial charge in [-0.2, -0.15) is 13.2 Å². The van der Waals surface area contributed by atoms with Crippen molar-refractivity contribution in [2.24, 2.45) is 11.3 Å². The molecule has 1 aromatic carbocycles. The Labute approximate surface area is 245 Å². The molecule has 2 aromatic rings. The van der Waals surface area contributed by atoms with Crippen LogP contribution >= 0.6 is 0 Å². The highest BCUT2D eigenvalue weighted by molar-refractivity contribution is 6.01. The molecule has 2 atom stereocenters. The van der Waals surface area contributed by atoms with Crippen LogP contribution in [0.4, 0.5) is 13.2 Å². The van der Waals surface area contributed by atoms with Gasteiger partial charge in [-0.1, -0.05) is 25.3 Å². The third-order valence-corrected chi connectivity index (χ3v) is 8.13. The van der Waals surface area contributed by atoms with Gasteiger partial charge in [-0.25, -0.2) is 0 Å². The van der Waals surface area contributed by atoms with Crippen LogP contribution in [0.15, 0.2) is 24.3 Å². The number of ketones is 1. The lowest BCUT2D eigenvalue weighted by Crippen LogP contribution is -2.51. The van der Waals surface area contributed by atoms with Crippen LogP contribution in [-0.2, 0) is 23.9 Å². The zero-order valence-electron chi connectivity index (χ0n) is 23.7. The smallest absolute Gasteiger partial charge is 0.404 e. The fourth-order valence-corrected chi connectivity index (χ4v) is 5.68. The number of amides is 3. The molecule has 1 aliphatic carbocycles. The summed E-state index contributed by atoms with van der Waals surface area (Å²) < 4.78 is 51.9. The molecular weight excluding hydrogens is 573 g/mol. The van der Waals surface area contributed by atoms with Gasteiger partial charge < -0.3 is 30.4 Å². The third-order valence-electron chi connectivity index (χ3n) is 8.13. The molecular formula is C29H35F3N4O7. The summed E-state index contributed by atoms with van der Waals surface area (Å²) in [5.41, 5.74) is -1.88. The van der Waals surface area contributed by atoms with Crippen molar-refractivity contribution in [2.75, 3.05) is 26.8 Å². The van der Waals surface area contributed by atoms with Crippen LogP contribution in [-0.4, -0.2) is 73.5 Å². The Balaban J connectivity index is 1.40. The largest absolute Gasteiger partial charge is 0.496 e. The number of methoxy groups -OCH3 is 1. The first-order valence-corrected chi connectivity index (χ1v) is 14.2. The van der Waals surface area contributed by atoms with Crippen molar-refractivity contribution < 1.29 is 46.6 Å². The van der Waals surface area contributed by atoms with Crippen molar-refractivity contribution >= 4 is 40.4 Å². The zero-order chi connectivity index (χ0) is 31.2. The molecule has 1 aliphatic heterocycles. The summed E-state index contributed by atoms with van der Waals surface area (Å²) in [6.45, 7) is -1.08. The molecule has 234 valence electrons. The van der Waals surface area contributed by atoms with Gasteiger partial charge in [0.05, 0.1) is 19.7 Å². The summed E-state index contributed by atoms with van der Waals surface area (Å²) in [5.74, 6) is -4.18. The fraction of sp³-hybridized carbons (Fsp3) is 0.552. The highest BCUT2D eigenvalue weighted by Crippen LogP contribution is 2.49. The van der Waals surface area contributed by atoms with Crippen molar-refractivity contribution in [3.8, 4) is 5.75 Å². The summed E-state index contributed by atoms with van der Waals surface area (Å²) in [5, 5.41) is 8.23. The van der Waals surface area contributed by atoms with Crippen molar-refractivity contribution in [1.29, 1.82) is 0 Å². The van der Waals surface area contributed by atoms with Crippen LogP contribution in [0.25, 0.3) is 10.9 Å². The van der Waals surface area contributed by atoms with Crippen molar-refractivity contribution in [3.05, 3.63) is 30.0 Å². The lowest BCUT2D eigenvalue weighted by molar-refractivity contribution is -0.242. The van der Waals surface area contributed by atoms with Gasteiger partial charge in [0.25, 0.3) is 5.91 Å². The van der Waals surface area contributed by atoms with Gasteiger partial charge in [0.1, 0.15) is 11.4 Å². The van der Waals surface area contributed by atoms with E-state index in [0.717, 1.165) is 0 Å². The second-order valence-corrected chi connectivity index (χ2v) is 11.0. The number of carbonyl (C=O) groups excluding carboxylic acids is 5. The van der Waals surface area contributed by atoms with Crippen molar-refractivity contribution in [3.63, 3.8) is 0 Å². The number of nitrogens with one attached hydrogen (secondary N) is 4. The molecule has 2 heterocycles. The van der Waals surface area contributed by atoms with E-state index in [-0.39, 0.29) is 30.9 Å². The number of Topliss-reactive ketones (excluding diaryl/α,β-unsaturated/α-hetero) is 1. The average Bonchev–Trinajstić information content (AvgIpc) is 3.44. The maximum Gasteiger partial charge on any atom is 0.404 e. The first kappa shape index (κ1) is 31.8. The van der Waals surface area contributed by atoms with Crippen molar-refractivity contribution in [2.45, 2.75) is 63.6 Å². The first-order valence-electron chi connectivity index (χ1n) is 14.2. The van der Waals surface area contributed by atoms with E-state index >= 15 is 0 Å².